The lowest BCUT2D eigenvalue weighted by molar-refractivity contribution is -0.122. The van der Waals surface area contributed by atoms with Crippen molar-refractivity contribution in [2.45, 2.75) is 6.92 Å². The molecule has 0 atom stereocenters. The van der Waals surface area contributed by atoms with Gasteiger partial charge < -0.3 is 0 Å². The molecule has 0 aliphatic carbocycles. The fraction of sp³-hybridized carbons (Fsp3) is 0.0625. The number of carbonyl (C=O) groups is 3. The summed E-state index contributed by atoms with van der Waals surface area (Å²) < 4.78 is 0. The number of hydrogen-bond acceptors (Lipinski definition) is 4. The van der Waals surface area contributed by atoms with E-state index in [1.165, 1.54) is 17.4 Å². The van der Waals surface area contributed by atoms with Gasteiger partial charge in [-0.25, -0.2) is 9.69 Å². The van der Waals surface area contributed by atoms with Gasteiger partial charge in [0.15, 0.2) is 0 Å². The van der Waals surface area contributed by atoms with Crippen LogP contribution in [0.3, 0.4) is 0 Å². The lowest BCUT2D eigenvalue weighted by Gasteiger charge is -2.27. The van der Waals surface area contributed by atoms with Crippen LogP contribution in [0.1, 0.15) is 11.1 Å². The van der Waals surface area contributed by atoms with Gasteiger partial charge in [0.2, 0.25) is 0 Å². The third-order valence-corrected chi connectivity index (χ3v) is 4.55. The van der Waals surface area contributed by atoms with Crippen molar-refractivity contribution in [1.29, 1.82) is 0 Å². The summed E-state index contributed by atoms with van der Waals surface area (Å²) >= 11 is 7.51. The van der Waals surface area contributed by atoms with Crippen LogP contribution in [0.25, 0.3) is 6.08 Å². The van der Waals surface area contributed by atoms with Gasteiger partial charge in [0.25, 0.3) is 11.8 Å². The van der Waals surface area contributed by atoms with Gasteiger partial charge in [-0.15, -0.1) is 0 Å². The molecule has 0 unspecified atom stereocenters. The highest BCUT2D eigenvalue weighted by molar-refractivity contribution is 7.08. The first-order valence-electron chi connectivity index (χ1n) is 6.68. The Hall–Kier alpha value is -2.44. The number of nitrogens with zero attached hydrogens (tertiary/aromatic N) is 1. The van der Waals surface area contributed by atoms with Gasteiger partial charge in [0, 0.05) is 5.02 Å². The van der Waals surface area contributed by atoms with E-state index in [0.29, 0.717) is 16.3 Å². The third kappa shape index (κ3) is 2.78. The molecular weight excluding hydrogens is 336 g/mol. The number of thiophene rings is 1. The van der Waals surface area contributed by atoms with Crippen molar-refractivity contribution in [2.24, 2.45) is 0 Å². The van der Waals surface area contributed by atoms with E-state index in [4.69, 9.17) is 11.6 Å². The molecule has 23 heavy (non-hydrogen) atoms. The van der Waals surface area contributed by atoms with Crippen molar-refractivity contribution >= 4 is 52.5 Å². The SMILES string of the molecule is Cc1c(Cl)cccc1N1C(=O)NC(=O)/C(=C\c2ccsc2)C1=O. The second-order valence-corrected chi connectivity index (χ2v) is 6.09. The fourth-order valence-corrected chi connectivity index (χ4v) is 3.03. The predicted octanol–water partition coefficient (Wildman–Crippen LogP) is 3.38. The largest absolute Gasteiger partial charge is 0.335 e. The number of barbiturate groups is 1. The molecule has 7 heteroatoms. The van der Waals surface area contributed by atoms with Crippen LogP contribution in [0.15, 0.2) is 40.6 Å². The predicted molar refractivity (Wildman–Crippen MR) is 89.5 cm³/mol. The van der Waals surface area contributed by atoms with Crippen LogP contribution in [0, 0.1) is 6.92 Å². The molecule has 1 fully saturated rings. The summed E-state index contributed by atoms with van der Waals surface area (Å²) in [5.41, 5.74) is 1.57. The number of rotatable bonds is 2. The molecule has 5 nitrogen and oxygen atoms in total. The molecule has 0 saturated carbocycles. The van der Waals surface area contributed by atoms with E-state index in [1.807, 2.05) is 5.38 Å². The van der Waals surface area contributed by atoms with Gasteiger partial charge in [-0.1, -0.05) is 17.7 Å². The quantitative estimate of drug-likeness (QED) is 0.669. The number of urea groups is 1. The Morgan fingerprint density at radius 3 is 2.70 bits per heavy atom. The van der Waals surface area contributed by atoms with E-state index in [9.17, 15) is 14.4 Å². The minimum absolute atomic E-state index is 0.0950. The average molecular weight is 347 g/mol. The van der Waals surface area contributed by atoms with Gasteiger partial charge in [-0.05, 0) is 53.1 Å². The lowest BCUT2D eigenvalue weighted by atomic mass is 10.1. The van der Waals surface area contributed by atoms with Crippen LogP contribution in [0.2, 0.25) is 5.02 Å². The Balaban J connectivity index is 2.07. The highest BCUT2D eigenvalue weighted by Gasteiger charge is 2.37. The van der Waals surface area contributed by atoms with Gasteiger partial charge in [-0.3, -0.25) is 14.9 Å². The first kappa shape index (κ1) is 15.5. The van der Waals surface area contributed by atoms with E-state index < -0.39 is 17.8 Å². The molecule has 0 radical (unpaired) electrons. The minimum Gasteiger partial charge on any atom is -0.273 e. The molecule has 2 aromatic rings. The van der Waals surface area contributed by atoms with Crippen molar-refractivity contribution in [3.8, 4) is 0 Å². The molecule has 1 aromatic heterocycles. The molecule has 1 aliphatic rings. The van der Waals surface area contributed by atoms with Crippen LogP contribution in [-0.2, 0) is 9.59 Å². The first-order valence-corrected chi connectivity index (χ1v) is 8.00. The highest BCUT2D eigenvalue weighted by atomic mass is 35.5. The average Bonchev–Trinajstić information content (AvgIpc) is 3.01. The zero-order valence-electron chi connectivity index (χ0n) is 12.0. The molecule has 116 valence electrons. The number of imide groups is 2. The maximum absolute atomic E-state index is 12.7. The van der Waals surface area contributed by atoms with E-state index in [2.05, 4.69) is 5.32 Å². The zero-order chi connectivity index (χ0) is 16.6. The van der Waals surface area contributed by atoms with Crippen LogP contribution in [0.5, 0.6) is 0 Å². The first-order chi connectivity index (χ1) is 11.0. The molecule has 1 N–H and O–H groups in total. The summed E-state index contributed by atoms with van der Waals surface area (Å²) in [6, 6.07) is 5.91. The number of hydrogen-bond donors (Lipinski definition) is 1. The Morgan fingerprint density at radius 2 is 2.00 bits per heavy atom. The number of anilines is 1. The fourth-order valence-electron chi connectivity index (χ4n) is 2.24. The smallest absolute Gasteiger partial charge is 0.273 e. The van der Waals surface area contributed by atoms with Crippen LogP contribution >= 0.6 is 22.9 Å². The van der Waals surface area contributed by atoms with Gasteiger partial charge in [0.05, 0.1) is 5.69 Å². The Labute approximate surface area is 141 Å². The maximum Gasteiger partial charge on any atom is 0.335 e. The lowest BCUT2D eigenvalue weighted by Crippen LogP contribution is -2.54. The zero-order valence-corrected chi connectivity index (χ0v) is 13.6. The Kier molecular flexibility index (Phi) is 4.02. The molecule has 1 saturated heterocycles. The van der Waals surface area contributed by atoms with E-state index in [0.717, 1.165) is 10.5 Å². The van der Waals surface area contributed by atoms with Gasteiger partial charge in [-0.2, -0.15) is 11.3 Å². The summed E-state index contributed by atoms with van der Waals surface area (Å²) in [7, 11) is 0. The summed E-state index contributed by atoms with van der Waals surface area (Å²) in [5.74, 6) is -1.38. The topological polar surface area (TPSA) is 66.5 Å². The molecule has 1 aliphatic heterocycles. The standard InChI is InChI=1S/C16H11ClN2O3S/c1-9-12(17)3-2-4-13(9)19-15(21)11(14(20)18-16(19)22)7-10-5-6-23-8-10/h2-8H,1H3,(H,18,20,22)/b11-7+. The Bertz CT molecular complexity index is 843. The van der Waals surface area contributed by atoms with E-state index in [-0.39, 0.29) is 5.57 Å². The summed E-state index contributed by atoms with van der Waals surface area (Å²) in [4.78, 5) is 37.7. The highest BCUT2D eigenvalue weighted by Crippen LogP contribution is 2.29. The third-order valence-electron chi connectivity index (χ3n) is 3.44. The van der Waals surface area contributed by atoms with Crippen LogP contribution < -0.4 is 10.2 Å². The maximum atomic E-state index is 12.7. The minimum atomic E-state index is -0.784. The normalized spacial score (nSPS) is 16.9. The summed E-state index contributed by atoms with van der Waals surface area (Å²) in [6.45, 7) is 1.71. The number of carbonyl (C=O) groups excluding carboxylic acids is 3. The second kappa shape index (κ2) is 5.98. The van der Waals surface area contributed by atoms with Crippen molar-refractivity contribution in [2.75, 3.05) is 4.90 Å². The van der Waals surface area contributed by atoms with E-state index in [1.54, 1.807) is 36.6 Å². The number of benzene rings is 1. The molecule has 4 amide bonds. The molecule has 0 spiro atoms. The Morgan fingerprint density at radius 1 is 1.22 bits per heavy atom. The van der Waals surface area contributed by atoms with E-state index >= 15 is 0 Å². The monoisotopic (exact) mass is 346 g/mol. The summed E-state index contributed by atoms with van der Waals surface area (Å²) in [6.07, 6.45) is 1.47. The van der Waals surface area contributed by atoms with Gasteiger partial charge >= 0.3 is 6.03 Å². The molecule has 0 bridgehead atoms. The molecular formula is C16H11ClN2O3S. The van der Waals surface area contributed by atoms with Gasteiger partial charge in [0.1, 0.15) is 5.57 Å². The van der Waals surface area contributed by atoms with Crippen molar-refractivity contribution in [3.05, 3.63) is 56.7 Å². The summed E-state index contributed by atoms with van der Waals surface area (Å²) in [5, 5.41) is 6.26. The number of nitrogens with one attached hydrogen (secondary N) is 1. The molecule has 2 heterocycles. The van der Waals surface area contributed by atoms with Crippen LogP contribution in [-0.4, -0.2) is 17.8 Å². The van der Waals surface area contributed by atoms with Crippen molar-refractivity contribution in [3.63, 3.8) is 0 Å². The second-order valence-electron chi connectivity index (χ2n) is 4.90. The number of halogens is 1. The van der Waals surface area contributed by atoms with Crippen molar-refractivity contribution in [1.82, 2.24) is 5.32 Å². The molecule has 1 aromatic carbocycles. The number of amides is 4. The molecule has 3 rings (SSSR count). The van der Waals surface area contributed by atoms with Crippen LogP contribution in [0.4, 0.5) is 10.5 Å². The van der Waals surface area contributed by atoms with Crippen molar-refractivity contribution < 1.29 is 14.4 Å².